The van der Waals surface area contributed by atoms with Crippen LogP contribution in [0.1, 0.15) is 39.5 Å². The Bertz CT molecular complexity index is 181. The second kappa shape index (κ2) is 3.33. The van der Waals surface area contributed by atoms with E-state index in [-0.39, 0.29) is 5.41 Å². The van der Waals surface area contributed by atoms with E-state index in [0.29, 0.717) is 11.8 Å². The summed E-state index contributed by atoms with van der Waals surface area (Å²) in [6.45, 7) is 4.11. The van der Waals surface area contributed by atoms with E-state index in [1.807, 2.05) is 0 Å². The summed E-state index contributed by atoms with van der Waals surface area (Å²) in [6.07, 6.45) is 4.99. The third-order valence-corrected chi connectivity index (χ3v) is 3.14. The highest BCUT2D eigenvalue weighted by molar-refractivity contribution is 5.85. The van der Waals surface area contributed by atoms with Crippen molar-refractivity contribution in [2.75, 3.05) is 0 Å². The molecule has 0 aliphatic heterocycles. The molecule has 70 valence electrons. The Morgan fingerprint density at radius 3 is 2.33 bits per heavy atom. The number of nitrogens with zero attached hydrogens (tertiary/aromatic N) is 1. The van der Waals surface area contributed by atoms with Gasteiger partial charge in [-0.2, -0.15) is 0 Å². The van der Waals surface area contributed by atoms with Crippen LogP contribution in [0, 0.1) is 11.3 Å². The van der Waals surface area contributed by atoms with Crippen LogP contribution in [0.2, 0.25) is 0 Å². The van der Waals surface area contributed by atoms with Crippen LogP contribution in [-0.4, -0.2) is 11.0 Å². The van der Waals surface area contributed by atoms with Gasteiger partial charge in [-0.3, -0.25) is 0 Å². The van der Waals surface area contributed by atoms with Gasteiger partial charge in [-0.15, -0.1) is 0 Å². The van der Waals surface area contributed by atoms with Crippen LogP contribution in [0.3, 0.4) is 0 Å². The van der Waals surface area contributed by atoms with E-state index in [1.165, 1.54) is 25.7 Å². The molecule has 1 aliphatic carbocycles. The van der Waals surface area contributed by atoms with E-state index in [0.717, 1.165) is 0 Å². The Kier molecular flexibility index (Phi) is 2.60. The summed E-state index contributed by atoms with van der Waals surface area (Å²) in [5.74, 6) is 0.961. The van der Waals surface area contributed by atoms with Gasteiger partial charge in [0, 0.05) is 5.41 Å². The molecule has 0 atom stereocenters. The van der Waals surface area contributed by atoms with Gasteiger partial charge >= 0.3 is 0 Å². The number of hydrogen-bond donors (Lipinski definition) is 2. The molecule has 0 heterocycles. The molecule has 0 amide bonds. The molecule has 0 saturated heterocycles. The maximum absolute atomic E-state index is 8.59. The zero-order valence-electron chi connectivity index (χ0n) is 7.88. The van der Waals surface area contributed by atoms with Crippen LogP contribution >= 0.6 is 0 Å². The number of oxime groups is 1. The lowest BCUT2D eigenvalue weighted by molar-refractivity contribution is 0.275. The smallest absolute Gasteiger partial charge is 0.145 e. The molecule has 1 fully saturated rings. The number of amidine groups is 1. The third kappa shape index (κ3) is 1.54. The van der Waals surface area contributed by atoms with E-state index >= 15 is 0 Å². The fourth-order valence-corrected chi connectivity index (χ4v) is 1.99. The van der Waals surface area contributed by atoms with Crippen LogP contribution in [0.15, 0.2) is 5.16 Å². The summed E-state index contributed by atoms with van der Waals surface area (Å²) in [6, 6.07) is 0. The van der Waals surface area contributed by atoms with Gasteiger partial charge in [0.1, 0.15) is 5.84 Å². The third-order valence-electron chi connectivity index (χ3n) is 3.14. The molecule has 3 heteroatoms. The fraction of sp³-hybridized carbons (Fsp3) is 0.889. The predicted octanol–water partition coefficient (Wildman–Crippen LogP) is 1.95. The van der Waals surface area contributed by atoms with Crippen molar-refractivity contribution in [1.29, 1.82) is 0 Å². The van der Waals surface area contributed by atoms with Gasteiger partial charge in [0.25, 0.3) is 0 Å². The quantitative estimate of drug-likeness (QED) is 0.288. The van der Waals surface area contributed by atoms with Crippen molar-refractivity contribution in [1.82, 2.24) is 0 Å². The minimum Gasteiger partial charge on any atom is -0.409 e. The van der Waals surface area contributed by atoms with Crippen molar-refractivity contribution < 1.29 is 5.21 Å². The minimum atomic E-state index is -0.134. The van der Waals surface area contributed by atoms with Gasteiger partial charge < -0.3 is 10.9 Å². The molecule has 1 aliphatic rings. The fourth-order valence-electron chi connectivity index (χ4n) is 1.99. The van der Waals surface area contributed by atoms with Crippen molar-refractivity contribution in [2.45, 2.75) is 39.5 Å². The molecule has 0 aromatic heterocycles. The van der Waals surface area contributed by atoms with Gasteiger partial charge in [0.05, 0.1) is 0 Å². The van der Waals surface area contributed by atoms with E-state index in [4.69, 9.17) is 10.9 Å². The highest BCUT2D eigenvalue weighted by atomic mass is 16.4. The highest BCUT2D eigenvalue weighted by Gasteiger charge is 2.35. The van der Waals surface area contributed by atoms with E-state index in [2.05, 4.69) is 19.0 Å². The average Bonchev–Trinajstić information content (AvgIpc) is 2.55. The molecule has 3 N–H and O–H groups in total. The molecule has 0 aromatic rings. The molecule has 0 aromatic carbocycles. The first-order chi connectivity index (χ1) is 5.59. The Hall–Kier alpha value is -0.730. The molecule has 12 heavy (non-hydrogen) atoms. The molecule has 3 nitrogen and oxygen atoms in total. The Morgan fingerprint density at radius 2 is 1.92 bits per heavy atom. The Morgan fingerprint density at radius 1 is 1.42 bits per heavy atom. The average molecular weight is 170 g/mol. The summed E-state index contributed by atoms with van der Waals surface area (Å²) in [5, 5.41) is 11.7. The van der Waals surface area contributed by atoms with Gasteiger partial charge in [0.15, 0.2) is 0 Å². The van der Waals surface area contributed by atoms with Gasteiger partial charge in [-0.05, 0) is 18.8 Å². The van der Waals surface area contributed by atoms with E-state index < -0.39 is 0 Å². The molecule has 1 rings (SSSR count). The van der Waals surface area contributed by atoms with Crippen molar-refractivity contribution in [3.8, 4) is 0 Å². The normalized spacial score (nSPS) is 21.7. The minimum absolute atomic E-state index is 0.134. The number of nitrogens with two attached hydrogens (primary N) is 1. The first kappa shape index (κ1) is 9.36. The predicted molar refractivity (Wildman–Crippen MR) is 49.1 cm³/mol. The zero-order chi connectivity index (χ0) is 9.19. The summed E-state index contributed by atoms with van der Waals surface area (Å²) in [4.78, 5) is 0. The monoisotopic (exact) mass is 170 g/mol. The summed E-state index contributed by atoms with van der Waals surface area (Å²) in [5.41, 5.74) is 5.50. The number of rotatable bonds is 2. The first-order valence-corrected chi connectivity index (χ1v) is 4.57. The van der Waals surface area contributed by atoms with Crippen LogP contribution in [0.5, 0.6) is 0 Å². The van der Waals surface area contributed by atoms with Crippen molar-refractivity contribution in [3.63, 3.8) is 0 Å². The van der Waals surface area contributed by atoms with Gasteiger partial charge in [-0.25, -0.2) is 0 Å². The number of hydrogen-bond acceptors (Lipinski definition) is 2. The maximum Gasteiger partial charge on any atom is 0.145 e. The highest BCUT2D eigenvalue weighted by Crippen LogP contribution is 2.39. The molecular weight excluding hydrogens is 152 g/mol. The van der Waals surface area contributed by atoms with Crippen LogP contribution in [0.25, 0.3) is 0 Å². The van der Waals surface area contributed by atoms with Gasteiger partial charge in [0.2, 0.25) is 0 Å². The van der Waals surface area contributed by atoms with Gasteiger partial charge in [-0.1, -0.05) is 31.8 Å². The second-order valence-electron chi connectivity index (χ2n) is 4.19. The lowest BCUT2D eigenvalue weighted by atomic mass is 9.77. The maximum atomic E-state index is 8.59. The molecular formula is C9H18N2O. The lowest BCUT2D eigenvalue weighted by Crippen LogP contribution is -2.37. The van der Waals surface area contributed by atoms with Crippen molar-refractivity contribution >= 4 is 5.84 Å². The Labute approximate surface area is 73.6 Å². The largest absolute Gasteiger partial charge is 0.409 e. The van der Waals surface area contributed by atoms with Crippen molar-refractivity contribution in [2.24, 2.45) is 22.2 Å². The van der Waals surface area contributed by atoms with E-state index in [9.17, 15) is 0 Å². The zero-order valence-corrected chi connectivity index (χ0v) is 7.88. The molecule has 0 spiro atoms. The van der Waals surface area contributed by atoms with Crippen molar-refractivity contribution in [3.05, 3.63) is 0 Å². The standard InChI is InChI=1S/C9H18N2O/c1-9(2,8(10)11-12)7-5-3-4-6-7/h7,12H,3-6H2,1-2H3,(H2,10,11). The Balaban J connectivity index is 2.69. The second-order valence-corrected chi connectivity index (χ2v) is 4.19. The topological polar surface area (TPSA) is 58.6 Å². The van der Waals surface area contributed by atoms with Crippen LogP contribution in [0.4, 0.5) is 0 Å². The summed E-state index contributed by atoms with van der Waals surface area (Å²) in [7, 11) is 0. The summed E-state index contributed by atoms with van der Waals surface area (Å²) < 4.78 is 0. The molecule has 1 saturated carbocycles. The SMILES string of the molecule is CC(C)(/C(N)=N/O)C1CCCC1. The molecule has 0 unspecified atom stereocenters. The van der Waals surface area contributed by atoms with E-state index in [1.54, 1.807) is 0 Å². The molecule has 0 bridgehead atoms. The molecule has 0 radical (unpaired) electrons. The first-order valence-electron chi connectivity index (χ1n) is 4.57. The lowest BCUT2D eigenvalue weighted by Gasteiger charge is -2.29. The van der Waals surface area contributed by atoms with Crippen LogP contribution in [-0.2, 0) is 0 Å². The van der Waals surface area contributed by atoms with Crippen LogP contribution < -0.4 is 5.73 Å². The summed E-state index contributed by atoms with van der Waals surface area (Å²) >= 11 is 0.